The van der Waals surface area contributed by atoms with E-state index in [1.807, 2.05) is 36.2 Å². The quantitative estimate of drug-likeness (QED) is 0.913. The maximum atomic E-state index is 12.7. The Hall–Kier alpha value is -2.34. The monoisotopic (exact) mass is 355 g/mol. The highest BCUT2D eigenvalue weighted by molar-refractivity contribution is 5.42. The molecule has 0 radical (unpaired) electrons. The summed E-state index contributed by atoms with van der Waals surface area (Å²) >= 11 is 0. The highest BCUT2D eigenvalue weighted by Crippen LogP contribution is 2.26. The minimum absolute atomic E-state index is 0.0665. The SMILES string of the molecule is CN(CCC1CCOCC1)c1nc2c(c(=O)[nH]1)Cc1ccccc1OC2. The van der Waals surface area contributed by atoms with Crippen molar-refractivity contribution in [3.63, 3.8) is 0 Å². The second-order valence-electron chi connectivity index (χ2n) is 7.15. The molecule has 1 aromatic heterocycles. The van der Waals surface area contributed by atoms with Crippen LogP contribution in [0.25, 0.3) is 0 Å². The van der Waals surface area contributed by atoms with E-state index in [-0.39, 0.29) is 5.56 Å². The second kappa shape index (κ2) is 7.50. The molecule has 1 fully saturated rings. The van der Waals surface area contributed by atoms with Gasteiger partial charge in [-0.05, 0) is 36.8 Å². The summed E-state index contributed by atoms with van der Waals surface area (Å²) in [6.45, 7) is 2.92. The number of fused-ring (bicyclic) bond motifs is 2. The van der Waals surface area contributed by atoms with E-state index in [1.54, 1.807) is 0 Å². The Labute approximate surface area is 153 Å². The number of nitrogens with zero attached hydrogens (tertiary/aromatic N) is 2. The predicted molar refractivity (Wildman–Crippen MR) is 99.9 cm³/mol. The molecule has 0 bridgehead atoms. The van der Waals surface area contributed by atoms with Crippen LogP contribution >= 0.6 is 0 Å². The first-order chi connectivity index (χ1) is 12.7. The molecule has 1 saturated heterocycles. The number of hydrogen-bond acceptors (Lipinski definition) is 5. The molecular weight excluding hydrogens is 330 g/mol. The number of para-hydroxylation sites is 1. The number of anilines is 1. The van der Waals surface area contributed by atoms with Gasteiger partial charge in [0.15, 0.2) is 0 Å². The molecule has 0 spiro atoms. The fourth-order valence-corrected chi connectivity index (χ4v) is 3.66. The molecule has 26 heavy (non-hydrogen) atoms. The zero-order valence-electron chi connectivity index (χ0n) is 15.2. The molecule has 6 heteroatoms. The minimum atomic E-state index is -0.0665. The first kappa shape index (κ1) is 17.1. The number of nitrogens with one attached hydrogen (secondary N) is 1. The van der Waals surface area contributed by atoms with Crippen LogP contribution in [0.2, 0.25) is 0 Å². The minimum Gasteiger partial charge on any atom is -0.487 e. The molecule has 3 heterocycles. The van der Waals surface area contributed by atoms with E-state index in [1.165, 1.54) is 0 Å². The van der Waals surface area contributed by atoms with Crippen LogP contribution in [-0.4, -0.2) is 36.8 Å². The summed E-state index contributed by atoms with van der Waals surface area (Å²) < 4.78 is 11.3. The van der Waals surface area contributed by atoms with Gasteiger partial charge in [0.2, 0.25) is 5.95 Å². The van der Waals surface area contributed by atoms with Gasteiger partial charge in [-0.3, -0.25) is 9.78 Å². The lowest BCUT2D eigenvalue weighted by molar-refractivity contribution is 0.0645. The van der Waals surface area contributed by atoms with Crippen molar-refractivity contribution in [2.75, 3.05) is 31.7 Å². The van der Waals surface area contributed by atoms with Crippen LogP contribution in [0, 0.1) is 5.92 Å². The number of ether oxygens (including phenoxy) is 2. The van der Waals surface area contributed by atoms with E-state index >= 15 is 0 Å². The van der Waals surface area contributed by atoms with Gasteiger partial charge < -0.3 is 14.4 Å². The summed E-state index contributed by atoms with van der Waals surface area (Å²) in [6, 6.07) is 7.85. The smallest absolute Gasteiger partial charge is 0.256 e. The van der Waals surface area contributed by atoms with Gasteiger partial charge in [0.05, 0.1) is 5.69 Å². The Morgan fingerprint density at radius 2 is 2.08 bits per heavy atom. The number of H-pyrrole nitrogens is 1. The van der Waals surface area contributed by atoms with E-state index in [2.05, 4.69) is 4.98 Å². The number of benzene rings is 1. The lowest BCUT2D eigenvalue weighted by Gasteiger charge is -2.25. The summed E-state index contributed by atoms with van der Waals surface area (Å²) in [6.07, 6.45) is 3.88. The zero-order valence-corrected chi connectivity index (χ0v) is 15.2. The molecule has 0 unspecified atom stereocenters. The summed E-state index contributed by atoms with van der Waals surface area (Å²) in [5, 5.41) is 0. The molecule has 2 aliphatic rings. The molecule has 0 saturated carbocycles. The van der Waals surface area contributed by atoms with Gasteiger partial charge in [0, 0.05) is 38.8 Å². The third kappa shape index (κ3) is 3.60. The van der Waals surface area contributed by atoms with Crippen molar-refractivity contribution in [1.29, 1.82) is 0 Å². The second-order valence-corrected chi connectivity index (χ2v) is 7.15. The highest BCUT2D eigenvalue weighted by Gasteiger charge is 2.20. The van der Waals surface area contributed by atoms with Crippen molar-refractivity contribution >= 4 is 5.95 Å². The zero-order chi connectivity index (χ0) is 17.9. The number of rotatable bonds is 4. The van der Waals surface area contributed by atoms with Crippen LogP contribution in [0.3, 0.4) is 0 Å². The van der Waals surface area contributed by atoms with E-state index in [4.69, 9.17) is 14.5 Å². The molecule has 1 aromatic carbocycles. The fraction of sp³-hybridized carbons (Fsp3) is 0.500. The molecule has 6 nitrogen and oxygen atoms in total. The van der Waals surface area contributed by atoms with E-state index < -0.39 is 0 Å². The van der Waals surface area contributed by atoms with Crippen LogP contribution in [-0.2, 0) is 17.8 Å². The lowest BCUT2D eigenvalue weighted by Crippen LogP contribution is -2.29. The van der Waals surface area contributed by atoms with Gasteiger partial charge in [0.25, 0.3) is 5.56 Å². The van der Waals surface area contributed by atoms with Crippen LogP contribution < -0.4 is 15.2 Å². The van der Waals surface area contributed by atoms with E-state index in [9.17, 15) is 4.79 Å². The van der Waals surface area contributed by atoms with Gasteiger partial charge in [0.1, 0.15) is 12.4 Å². The third-order valence-electron chi connectivity index (χ3n) is 5.37. The first-order valence-electron chi connectivity index (χ1n) is 9.32. The van der Waals surface area contributed by atoms with Crippen LogP contribution in [0.5, 0.6) is 5.75 Å². The Balaban J connectivity index is 1.51. The predicted octanol–water partition coefficient (Wildman–Crippen LogP) is 2.51. The summed E-state index contributed by atoms with van der Waals surface area (Å²) in [5.74, 6) is 2.14. The molecule has 4 rings (SSSR count). The maximum Gasteiger partial charge on any atom is 0.256 e. The van der Waals surface area contributed by atoms with E-state index in [0.717, 1.165) is 56.0 Å². The Bertz CT molecular complexity index is 827. The number of hydrogen-bond donors (Lipinski definition) is 1. The molecule has 0 atom stereocenters. The third-order valence-corrected chi connectivity index (χ3v) is 5.37. The van der Waals surface area contributed by atoms with Gasteiger partial charge >= 0.3 is 0 Å². The molecular formula is C20H25N3O3. The van der Waals surface area contributed by atoms with E-state index in [0.29, 0.717) is 30.5 Å². The molecule has 0 aliphatic carbocycles. The number of aromatic nitrogens is 2. The maximum absolute atomic E-state index is 12.7. The average Bonchev–Trinajstić information content (AvgIpc) is 2.87. The van der Waals surface area contributed by atoms with Gasteiger partial charge in [-0.2, -0.15) is 0 Å². The van der Waals surface area contributed by atoms with Gasteiger partial charge in [-0.1, -0.05) is 18.2 Å². The Morgan fingerprint density at radius 3 is 2.92 bits per heavy atom. The largest absolute Gasteiger partial charge is 0.487 e. The molecule has 2 aliphatic heterocycles. The van der Waals surface area contributed by atoms with Crippen LogP contribution in [0.1, 0.15) is 36.1 Å². The molecule has 1 N–H and O–H groups in total. The Kier molecular flexibility index (Phi) is 4.93. The first-order valence-corrected chi connectivity index (χ1v) is 9.32. The molecule has 0 amide bonds. The summed E-state index contributed by atoms with van der Waals surface area (Å²) in [4.78, 5) is 22.4. The van der Waals surface area contributed by atoms with Gasteiger partial charge in [-0.15, -0.1) is 0 Å². The van der Waals surface area contributed by atoms with Crippen molar-refractivity contribution in [2.24, 2.45) is 5.92 Å². The summed E-state index contributed by atoms with van der Waals surface area (Å²) in [7, 11) is 1.98. The van der Waals surface area contributed by atoms with Crippen LogP contribution in [0.15, 0.2) is 29.1 Å². The highest BCUT2D eigenvalue weighted by atomic mass is 16.5. The standard InChI is InChI=1S/C20H25N3O3/c1-23(9-6-14-7-10-25-11-8-14)20-21-17-13-26-18-5-3-2-4-15(18)12-16(17)19(24)22-20/h2-5,14H,6-13H2,1H3,(H,21,22,24). The van der Waals surface area contributed by atoms with Gasteiger partial charge in [-0.25, -0.2) is 4.98 Å². The normalized spacial score (nSPS) is 17.0. The Morgan fingerprint density at radius 1 is 1.27 bits per heavy atom. The van der Waals surface area contributed by atoms with Crippen molar-refractivity contribution in [3.05, 3.63) is 51.4 Å². The molecule has 138 valence electrons. The number of aromatic amines is 1. The average molecular weight is 355 g/mol. The van der Waals surface area contributed by atoms with Crippen molar-refractivity contribution in [1.82, 2.24) is 9.97 Å². The van der Waals surface area contributed by atoms with Crippen molar-refractivity contribution < 1.29 is 9.47 Å². The molecule has 2 aromatic rings. The topological polar surface area (TPSA) is 67.5 Å². The lowest BCUT2D eigenvalue weighted by atomic mass is 9.96. The fourth-order valence-electron chi connectivity index (χ4n) is 3.66. The van der Waals surface area contributed by atoms with Crippen molar-refractivity contribution in [2.45, 2.75) is 32.3 Å². The van der Waals surface area contributed by atoms with Crippen molar-refractivity contribution in [3.8, 4) is 5.75 Å². The van der Waals surface area contributed by atoms with Crippen LogP contribution in [0.4, 0.5) is 5.95 Å². The summed E-state index contributed by atoms with van der Waals surface area (Å²) in [5.41, 5.74) is 2.40.